The van der Waals surface area contributed by atoms with Gasteiger partial charge in [0.1, 0.15) is 24.4 Å². The van der Waals surface area contributed by atoms with Crippen molar-refractivity contribution in [3.8, 4) is 0 Å². The van der Waals surface area contributed by atoms with Crippen LogP contribution in [0.25, 0.3) is 0 Å². The summed E-state index contributed by atoms with van der Waals surface area (Å²) in [5.74, 6) is -0.530. The van der Waals surface area contributed by atoms with Gasteiger partial charge in [0.2, 0.25) is 0 Å². The number of fused-ring (bicyclic) bond motifs is 2. The molecule has 1 N–H and O–H groups in total. The van der Waals surface area contributed by atoms with Gasteiger partial charge in [-0.3, -0.25) is 0 Å². The number of ether oxygens (including phenoxy) is 5. The Balaban J connectivity index is 1.50. The smallest absolute Gasteiger partial charge is 0.339 e. The summed E-state index contributed by atoms with van der Waals surface area (Å²) in [5, 5.41) is 11.0. The molecule has 2 saturated heterocycles. The molecule has 6 atom stereocenters. The molecule has 2 aromatic carbocycles. The molecule has 0 amide bonds. The van der Waals surface area contributed by atoms with Crippen LogP contribution in [0.4, 0.5) is 0 Å². The van der Waals surface area contributed by atoms with Crippen molar-refractivity contribution in [2.75, 3.05) is 13.2 Å². The van der Waals surface area contributed by atoms with Gasteiger partial charge in [-0.15, -0.1) is 0 Å². The van der Waals surface area contributed by atoms with E-state index in [2.05, 4.69) is 0 Å². The zero-order valence-electron chi connectivity index (χ0n) is 16.8. The van der Waals surface area contributed by atoms with E-state index in [0.717, 1.165) is 5.56 Å². The number of hydrogen-bond acceptors (Lipinski definition) is 7. The lowest BCUT2D eigenvalue weighted by Gasteiger charge is -2.39. The summed E-state index contributed by atoms with van der Waals surface area (Å²) < 4.78 is 28.8. The molecule has 0 unspecified atom stereocenters. The van der Waals surface area contributed by atoms with Gasteiger partial charge in [-0.2, -0.15) is 0 Å². The van der Waals surface area contributed by atoms with E-state index in [0.29, 0.717) is 12.2 Å². The van der Waals surface area contributed by atoms with Gasteiger partial charge in [0, 0.05) is 0 Å². The van der Waals surface area contributed by atoms with E-state index in [-0.39, 0.29) is 13.2 Å². The van der Waals surface area contributed by atoms with Crippen molar-refractivity contribution in [3.63, 3.8) is 0 Å². The number of esters is 1. The average molecular weight is 414 g/mol. The number of benzene rings is 2. The van der Waals surface area contributed by atoms with E-state index in [4.69, 9.17) is 23.7 Å². The minimum atomic E-state index is -1.03. The lowest BCUT2D eigenvalue weighted by atomic mass is 9.99. The molecule has 0 radical (unpaired) electrons. The van der Waals surface area contributed by atoms with Crippen molar-refractivity contribution in [2.45, 2.75) is 50.3 Å². The molecule has 2 aliphatic heterocycles. The molecule has 2 aromatic rings. The van der Waals surface area contributed by atoms with Crippen LogP contribution < -0.4 is 0 Å². The zero-order chi connectivity index (χ0) is 20.9. The first-order valence-electron chi connectivity index (χ1n) is 10.1. The zero-order valence-corrected chi connectivity index (χ0v) is 16.8. The summed E-state index contributed by atoms with van der Waals surface area (Å²) in [5.41, 5.74) is 1.61. The molecule has 160 valence electrons. The molecule has 7 heteroatoms. The van der Waals surface area contributed by atoms with Crippen molar-refractivity contribution >= 4 is 5.97 Å². The average Bonchev–Trinajstić information content (AvgIpc) is 3.21. The molecule has 2 aliphatic rings. The predicted molar refractivity (Wildman–Crippen MR) is 106 cm³/mol. The molecule has 7 nitrogen and oxygen atoms in total. The standard InChI is InChI=1S/C23H26O7/c1-2-26-22(25)19(16-11-7-4-8-12-16)30-21-18(24)20(17-14-28-23(21)29-17)27-13-15-9-5-3-6-10-15/h3-12,17-21,23-24H,2,13-14H2,1H3/t17-,18+,19+,20-,21-,23-/m1/s1. The van der Waals surface area contributed by atoms with E-state index in [1.165, 1.54) is 0 Å². The second-order valence-electron chi connectivity index (χ2n) is 7.27. The maximum atomic E-state index is 12.6. The number of aliphatic hydroxyl groups is 1. The van der Waals surface area contributed by atoms with Crippen molar-refractivity contribution < 1.29 is 33.6 Å². The first kappa shape index (κ1) is 21.0. The summed E-state index contributed by atoms with van der Waals surface area (Å²) >= 11 is 0. The molecule has 0 spiro atoms. The van der Waals surface area contributed by atoms with Gasteiger partial charge in [-0.1, -0.05) is 60.7 Å². The highest BCUT2D eigenvalue weighted by molar-refractivity contribution is 5.76. The summed E-state index contributed by atoms with van der Waals surface area (Å²) in [4.78, 5) is 12.6. The minimum absolute atomic E-state index is 0.222. The Hall–Kier alpha value is -2.29. The summed E-state index contributed by atoms with van der Waals surface area (Å²) in [6.07, 6.45) is -4.76. The third kappa shape index (κ3) is 4.55. The minimum Gasteiger partial charge on any atom is -0.464 e. The van der Waals surface area contributed by atoms with E-state index < -0.39 is 42.8 Å². The number of carbonyl (C=O) groups is 1. The molecule has 0 aliphatic carbocycles. The Kier molecular flexibility index (Phi) is 6.76. The number of aliphatic hydroxyl groups excluding tert-OH is 1. The largest absolute Gasteiger partial charge is 0.464 e. The van der Waals surface area contributed by atoms with Crippen molar-refractivity contribution in [1.82, 2.24) is 0 Å². The van der Waals surface area contributed by atoms with Crippen LogP contribution in [0.3, 0.4) is 0 Å². The Morgan fingerprint density at radius 3 is 2.50 bits per heavy atom. The van der Waals surface area contributed by atoms with E-state index in [9.17, 15) is 9.90 Å². The molecule has 2 fully saturated rings. The topological polar surface area (TPSA) is 83.5 Å². The fourth-order valence-electron chi connectivity index (χ4n) is 3.74. The van der Waals surface area contributed by atoms with E-state index in [1.807, 2.05) is 48.5 Å². The fourth-order valence-corrected chi connectivity index (χ4v) is 3.74. The summed E-state index contributed by atoms with van der Waals surface area (Å²) in [6.45, 7) is 2.56. The molecule has 0 saturated carbocycles. The predicted octanol–water partition coefficient (Wildman–Crippen LogP) is 2.38. The van der Waals surface area contributed by atoms with Crippen molar-refractivity contribution in [1.29, 1.82) is 0 Å². The Morgan fingerprint density at radius 1 is 1.10 bits per heavy atom. The van der Waals surface area contributed by atoms with Crippen LogP contribution in [-0.4, -0.2) is 55.0 Å². The molecule has 4 rings (SSSR count). The van der Waals surface area contributed by atoms with Gasteiger partial charge in [-0.25, -0.2) is 4.79 Å². The molecular formula is C23H26O7. The van der Waals surface area contributed by atoms with Gasteiger partial charge in [0.05, 0.1) is 19.8 Å². The molecule has 30 heavy (non-hydrogen) atoms. The van der Waals surface area contributed by atoms with Gasteiger partial charge in [0.25, 0.3) is 0 Å². The summed E-state index contributed by atoms with van der Waals surface area (Å²) in [6, 6.07) is 18.7. The quantitative estimate of drug-likeness (QED) is 0.664. The van der Waals surface area contributed by atoms with Crippen LogP contribution in [0.5, 0.6) is 0 Å². The molecule has 2 bridgehead atoms. The second kappa shape index (κ2) is 9.68. The Bertz CT molecular complexity index is 813. The maximum Gasteiger partial charge on any atom is 0.339 e. The highest BCUT2D eigenvalue weighted by Crippen LogP contribution is 2.35. The van der Waals surface area contributed by atoms with Crippen LogP contribution in [0, 0.1) is 0 Å². The monoisotopic (exact) mass is 414 g/mol. The first-order chi connectivity index (χ1) is 14.7. The number of carbonyl (C=O) groups excluding carboxylic acids is 1. The lowest BCUT2D eigenvalue weighted by molar-refractivity contribution is -0.264. The summed E-state index contributed by atoms with van der Waals surface area (Å²) in [7, 11) is 0. The maximum absolute atomic E-state index is 12.6. The third-order valence-corrected chi connectivity index (χ3v) is 5.22. The van der Waals surface area contributed by atoms with E-state index >= 15 is 0 Å². The van der Waals surface area contributed by atoms with Gasteiger partial charge in [0.15, 0.2) is 12.4 Å². The van der Waals surface area contributed by atoms with Gasteiger partial charge >= 0.3 is 5.97 Å². The first-order valence-corrected chi connectivity index (χ1v) is 10.1. The highest BCUT2D eigenvalue weighted by Gasteiger charge is 2.52. The Labute approximate surface area is 175 Å². The Morgan fingerprint density at radius 2 is 1.80 bits per heavy atom. The molecule has 0 aromatic heterocycles. The fraction of sp³-hybridized carbons (Fsp3) is 0.435. The van der Waals surface area contributed by atoms with Crippen LogP contribution >= 0.6 is 0 Å². The normalized spacial score (nSPS) is 28.8. The van der Waals surface area contributed by atoms with Crippen molar-refractivity contribution in [3.05, 3.63) is 71.8 Å². The van der Waals surface area contributed by atoms with Crippen LogP contribution in [-0.2, 0) is 35.1 Å². The highest BCUT2D eigenvalue weighted by atomic mass is 16.8. The van der Waals surface area contributed by atoms with E-state index in [1.54, 1.807) is 19.1 Å². The number of rotatable bonds is 8. The van der Waals surface area contributed by atoms with Gasteiger partial charge in [-0.05, 0) is 18.1 Å². The van der Waals surface area contributed by atoms with Crippen LogP contribution in [0.1, 0.15) is 24.2 Å². The second-order valence-corrected chi connectivity index (χ2v) is 7.27. The molecular weight excluding hydrogens is 388 g/mol. The van der Waals surface area contributed by atoms with Crippen LogP contribution in [0.15, 0.2) is 60.7 Å². The number of hydrogen-bond donors (Lipinski definition) is 1. The third-order valence-electron chi connectivity index (χ3n) is 5.22. The van der Waals surface area contributed by atoms with Crippen LogP contribution in [0.2, 0.25) is 0 Å². The lowest BCUT2D eigenvalue weighted by Crippen LogP contribution is -2.56. The SMILES string of the molecule is CCOC(=O)[C@@H](O[C@H]1[C@@H]2OC[C@@H](O2)[C@@H](OCc2ccccc2)[C@@H]1O)c1ccccc1. The molecule has 2 heterocycles. The van der Waals surface area contributed by atoms with Gasteiger partial charge < -0.3 is 28.8 Å². The van der Waals surface area contributed by atoms with Crippen molar-refractivity contribution in [2.24, 2.45) is 0 Å².